The molecule has 3 rings (SSSR count). The third-order valence-corrected chi connectivity index (χ3v) is 3.17. The van der Waals surface area contributed by atoms with Crippen LogP contribution in [0.2, 0.25) is 0 Å². The van der Waals surface area contributed by atoms with E-state index < -0.39 is 0 Å². The molecule has 0 fully saturated rings. The second-order valence-electron chi connectivity index (χ2n) is 4.43. The molecule has 20 heavy (non-hydrogen) atoms. The van der Waals surface area contributed by atoms with Crippen molar-refractivity contribution in [3.05, 3.63) is 24.3 Å². The maximum atomic E-state index is 5.95. The zero-order valence-electron chi connectivity index (χ0n) is 11.3. The van der Waals surface area contributed by atoms with Crippen molar-refractivity contribution in [2.75, 3.05) is 12.8 Å². The van der Waals surface area contributed by atoms with Gasteiger partial charge in [0.25, 0.3) is 0 Å². The number of fused-ring (bicyclic) bond motifs is 1. The predicted molar refractivity (Wildman–Crippen MR) is 73.2 cm³/mol. The molecule has 0 aliphatic heterocycles. The molecule has 0 aliphatic carbocycles. The van der Waals surface area contributed by atoms with E-state index in [9.17, 15) is 0 Å². The van der Waals surface area contributed by atoms with Gasteiger partial charge in [0.1, 0.15) is 17.7 Å². The Bertz CT molecular complexity index is 745. The number of nitrogens with two attached hydrogens (primary N) is 1. The number of rotatable bonds is 4. The summed E-state index contributed by atoms with van der Waals surface area (Å²) in [5.74, 6) is 1.86. The predicted octanol–water partition coefficient (Wildman–Crippen LogP) is 0.393. The van der Waals surface area contributed by atoms with Gasteiger partial charge in [-0.25, -0.2) is 4.98 Å². The van der Waals surface area contributed by atoms with E-state index in [2.05, 4.69) is 20.2 Å². The highest BCUT2D eigenvalue weighted by Crippen LogP contribution is 2.19. The summed E-state index contributed by atoms with van der Waals surface area (Å²) in [4.78, 5) is 8.68. The van der Waals surface area contributed by atoms with Crippen LogP contribution in [0.3, 0.4) is 0 Å². The Morgan fingerprint density at radius 2 is 2.15 bits per heavy atom. The van der Waals surface area contributed by atoms with Crippen LogP contribution >= 0.6 is 0 Å². The first-order valence-electron chi connectivity index (χ1n) is 6.18. The molecule has 0 unspecified atom stereocenters. The number of imidazole rings is 1. The molecule has 0 atom stereocenters. The molecule has 0 spiro atoms. The molecule has 3 heterocycles. The molecule has 0 aliphatic rings. The summed E-state index contributed by atoms with van der Waals surface area (Å²) in [6.45, 7) is 0.634. The van der Waals surface area contributed by atoms with Crippen LogP contribution < -0.4 is 10.5 Å². The summed E-state index contributed by atoms with van der Waals surface area (Å²) in [5, 5.41) is 7.91. The Labute approximate surface area is 115 Å². The monoisotopic (exact) mass is 273 g/mol. The molecule has 3 aromatic rings. The van der Waals surface area contributed by atoms with E-state index in [1.165, 1.54) is 0 Å². The summed E-state index contributed by atoms with van der Waals surface area (Å²) in [5.41, 5.74) is 7.41. The minimum Gasteiger partial charge on any atom is -0.481 e. The number of aryl methyl sites for hydroxylation is 3. The highest BCUT2D eigenvalue weighted by molar-refractivity contribution is 5.74. The third kappa shape index (κ3) is 2.04. The summed E-state index contributed by atoms with van der Waals surface area (Å²) in [6, 6.07) is 3.61. The summed E-state index contributed by atoms with van der Waals surface area (Å²) < 4.78 is 8.87. The van der Waals surface area contributed by atoms with E-state index in [0.29, 0.717) is 30.4 Å². The van der Waals surface area contributed by atoms with Crippen LogP contribution in [0, 0.1) is 0 Å². The number of nitrogen functional groups attached to an aromatic ring is 1. The highest BCUT2D eigenvalue weighted by Gasteiger charge is 2.11. The van der Waals surface area contributed by atoms with Crippen LogP contribution in [-0.2, 0) is 20.0 Å². The van der Waals surface area contributed by atoms with Gasteiger partial charge in [0, 0.05) is 26.1 Å². The molecule has 8 heteroatoms. The Morgan fingerprint density at radius 3 is 2.85 bits per heavy atom. The van der Waals surface area contributed by atoms with Gasteiger partial charge >= 0.3 is 0 Å². The molecule has 0 amide bonds. The maximum Gasteiger partial charge on any atom is 0.215 e. The Balaban J connectivity index is 1.94. The molecular formula is C12H15N7O. The van der Waals surface area contributed by atoms with E-state index in [1.54, 1.807) is 19.5 Å². The normalized spacial score (nSPS) is 11.1. The van der Waals surface area contributed by atoms with Gasteiger partial charge in [-0.1, -0.05) is 0 Å². The van der Waals surface area contributed by atoms with Crippen molar-refractivity contribution >= 4 is 17.1 Å². The van der Waals surface area contributed by atoms with Crippen molar-refractivity contribution in [1.82, 2.24) is 29.3 Å². The minimum atomic E-state index is 0.433. The summed E-state index contributed by atoms with van der Waals surface area (Å²) in [7, 11) is 3.49. The van der Waals surface area contributed by atoms with E-state index in [1.807, 2.05) is 22.2 Å². The fraction of sp³-hybridized carbons (Fsp3) is 0.333. The molecule has 0 aromatic carbocycles. The second kappa shape index (κ2) is 4.80. The lowest BCUT2D eigenvalue weighted by Gasteiger charge is -2.06. The molecule has 0 saturated heterocycles. The summed E-state index contributed by atoms with van der Waals surface area (Å²) >= 11 is 0. The number of pyridine rings is 1. The third-order valence-electron chi connectivity index (χ3n) is 3.17. The van der Waals surface area contributed by atoms with Crippen LogP contribution in [0.5, 0.6) is 5.88 Å². The number of hydrogen-bond donors (Lipinski definition) is 1. The zero-order valence-corrected chi connectivity index (χ0v) is 11.3. The number of aromatic nitrogens is 6. The molecule has 0 radical (unpaired) electrons. The van der Waals surface area contributed by atoms with Crippen LogP contribution in [0.15, 0.2) is 18.5 Å². The van der Waals surface area contributed by atoms with Gasteiger partial charge in [0.05, 0.1) is 7.11 Å². The van der Waals surface area contributed by atoms with Crippen molar-refractivity contribution in [3.63, 3.8) is 0 Å². The average molecular weight is 273 g/mol. The number of hydrogen-bond acceptors (Lipinski definition) is 6. The highest BCUT2D eigenvalue weighted by atomic mass is 16.5. The van der Waals surface area contributed by atoms with Gasteiger partial charge in [-0.2, -0.15) is 4.98 Å². The van der Waals surface area contributed by atoms with Crippen LogP contribution in [0.25, 0.3) is 11.2 Å². The number of anilines is 1. The fourth-order valence-corrected chi connectivity index (χ4v) is 2.08. The molecule has 3 aromatic heterocycles. The van der Waals surface area contributed by atoms with E-state index >= 15 is 0 Å². The minimum absolute atomic E-state index is 0.433. The van der Waals surface area contributed by atoms with Crippen molar-refractivity contribution in [2.45, 2.75) is 13.0 Å². The Hall–Kier alpha value is -2.64. The SMILES string of the molecule is COc1ccc2nc(N)n(CCc3nncn3C)c2n1. The van der Waals surface area contributed by atoms with Gasteiger partial charge in [-0.3, -0.25) is 4.57 Å². The van der Waals surface area contributed by atoms with Gasteiger partial charge in [0.15, 0.2) is 5.65 Å². The van der Waals surface area contributed by atoms with E-state index in [0.717, 1.165) is 11.3 Å². The van der Waals surface area contributed by atoms with Gasteiger partial charge in [-0.15, -0.1) is 10.2 Å². The second-order valence-corrected chi connectivity index (χ2v) is 4.43. The molecule has 104 valence electrons. The largest absolute Gasteiger partial charge is 0.481 e. The maximum absolute atomic E-state index is 5.95. The van der Waals surface area contributed by atoms with Crippen molar-refractivity contribution in [2.24, 2.45) is 7.05 Å². The van der Waals surface area contributed by atoms with E-state index in [-0.39, 0.29) is 0 Å². The Morgan fingerprint density at radius 1 is 1.30 bits per heavy atom. The first kappa shape index (κ1) is 12.4. The smallest absolute Gasteiger partial charge is 0.215 e. The zero-order chi connectivity index (χ0) is 14.1. The number of nitrogens with zero attached hydrogens (tertiary/aromatic N) is 6. The van der Waals surface area contributed by atoms with Crippen LogP contribution in [0.1, 0.15) is 5.82 Å². The quantitative estimate of drug-likeness (QED) is 0.738. The van der Waals surface area contributed by atoms with Gasteiger partial charge in [0.2, 0.25) is 11.8 Å². The Kier molecular flexibility index (Phi) is 2.97. The van der Waals surface area contributed by atoms with Gasteiger partial charge in [-0.05, 0) is 6.07 Å². The molecule has 0 bridgehead atoms. The molecule has 2 N–H and O–H groups in total. The average Bonchev–Trinajstić information content (AvgIpc) is 2.99. The standard InChI is InChI=1S/C12H15N7O/c1-18-7-14-17-9(18)5-6-19-11-8(15-12(19)13)3-4-10(16-11)20-2/h3-4,7H,5-6H2,1-2H3,(H2,13,15). The lowest BCUT2D eigenvalue weighted by Crippen LogP contribution is -2.09. The molecular weight excluding hydrogens is 258 g/mol. The molecule has 8 nitrogen and oxygen atoms in total. The van der Waals surface area contributed by atoms with Gasteiger partial charge < -0.3 is 15.0 Å². The van der Waals surface area contributed by atoms with Crippen molar-refractivity contribution < 1.29 is 4.74 Å². The first-order chi connectivity index (χ1) is 9.69. The van der Waals surface area contributed by atoms with Crippen molar-refractivity contribution in [3.8, 4) is 5.88 Å². The lowest BCUT2D eigenvalue weighted by molar-refractivity contribution is 0.399. The van der Waals surface area contributed by atoms with Crippen LogP contribution in [-0.4, -0.2) is 36.4 Å². The topological polar surface area (TPSA) is 96.7 Å². The molecule has 0 saturated carbocycles. The lowest BCUT2D eigenvalue weighted by atomic mass is 10.4. The summed E-state index contributed by atoms with van der Waals surface area (Å²) in [6.07, 6.45) is 2.37. The van der Waals surface area contributed by atoms with Crippen molar-refractivity contribution in [1.29, 1.82) is 0 Å². The fourth-order valence-electron chi connectivity index (χ4n) is 2.08. The first-order valence-corrected chi connectivity index (χ1v) is 6.18. The number of methoxy groups -OCH3 is 1. The van der Waals surface area contributed by atoms with E-state index in [4.69, 9.17) is 10.5 Å². The van der Waals surface area contributed by atoms with Crippen LogP contribution in [0.4, 0.5) is 5.95 Å². The number of ether oxygens (including phenoxy) is 1.